The number of carbonyl (C=O) groups excluding carboxylic acids is 6. The minimum atomic E-state index is -0.971. The van der Waals surface area contributed by atoms with Gasteiger partial charge in [0, 0.05) is 68.9 Å². The molecule has 3 aliphatic rings. The Kier molecular flexibility index (Phi) is 14.2. The van der Waals surface area contributed by atoms with E-state index in [9.17, 15) is 28.8 Å². The summed E-state index contributed by atoms with van der Waals surface area (Å²) >= 11 is 0. The summed E-state index contributed by atoms with van der Waals surface area (Å²) in [6.07, 6.45) is 4.98. The predicted octanol–water partition coefficient (Wildman–Crippen LogP) is 6.07. The van der Waals surface area contributed by atoms with Gasteiger partial charge < -0.3 is 30.7 Å². The summed E-state index contributed by atoms with van der Waals surface area (Å²) in [4.78, 5) is 75.1. The fourth-order valence-corrected chi connectivity index (χ4v) is 6.52. The van der Waals surface area contributed by atoms with Gasteiger partial charge in [0.2, 0.25) is 23.6 Å². The van der Waals surface area contributed by atoms with E-state index < -0.39 is 18.2 Å². The van der Waals surface area contributed by atoms with Crippen molar-refractivity contribution in [3.63, 3.8) is 0 Å². The first-order valence-corrected chi connectivity index (χ1v) is 18.7. The first-order chi connectivity index (χ1) is 26.1. The van der Waals surface area contributed by atoms with Gasteiger partial charge in [-0.1, -0.05) is 42.2 Å². The lowest BCUT2D eigenvalue weighted by Gasteiger charge is -2.22. The molecule has 2 unspecified atom stereocenters. The molecule has 12 heteroatoms. The van der Waals surface area contributed by atoms with Crippen LogP contribution in [0.4, 0.5) is 16.2 Å². The third-order valence-corrected chi connectivity index (χ3v) is 9.50. The van der Waals surface area contributed by atoms with Crippen LogP contribution in [0.1, 0.15) is 94.1 Å². The Morgan fingerprint density at radius 1 is 0.778 bits per heavy atom. The molecular weight excluding hydrogens is 688 g/mol. The molecule has 54 heavy (non-hydrogen) atoms. The summed E-state index contributed by atoms with van der Waals surface area (Å²) in [6, 6.07) is 11.0. The lowest BCUT2D eigenvalue weighted by Crippen LogP contribution is -2.31. The van der Waals surface area contributed by atoms with Crippen molar-refractivity contribution in [2.45, 2.75) is 89.1 Å². The van der Waals surface area contributed by atoms with Gasteiger partial charge >= 0.3 is 6.16 Å². The highest BCUT2D eigenvalue weighted by molar-refractivity contribution is 5.94. The van der Waals surface area contributed by atoms with Gasteiger partial charge in [0.25, 0.3) is 0 Å². The van der Waals surface area contributed by atoms with Crippen molar-refractivity contribution in [3.05, 3.63) is 72.3 Å². The van der Waals surface area contributed by atoms with Gasteiger partial charge in [-0.15, -0.1) is 6.58 Å². The summed E-state index contributed by atoms with van der Waals surface area (Å²) in [7, 11) is 0. The molecule has 284 valence electrons. The lowest BCUT2D eigenvalue weighted by molar-refractivity contribution is -0.130. The van der Waals surface area contributed by atoms with Crippen LogP contribution < -0.4 is 21.3 Å². The molecule has 2 aromatic carbocycles. The van der Waals surface area contributed by atoms with Crippen LogP contribution in [0.5, 0.6) is 0 Å². The zero-order valence-corrected chi connectivity index (χ0v) is 30.6. The molecule has 0 heterocycles. The van der Waals surface area contributed by atoms with Gasteiger partial charge in [-0.25, -0.2) is 4.79 Å². The van der Waals surface area contributed by atoms with Crippen molar-refractivity contribution in [3.8, 4) is 23.0 Å². The van der Waals surface area contributed by atoms with E-state index in [1.54, 1.807) is 18.2 Å². The van der Waals surface area contributed by atoms with Crippen LogP contribution >= 0.6 is 0 Å². The first-order valence-electron chi connectivity index (χ1n) is 18.7. The summed E-state index contributed by atoms with van der Waals surface area (Å²) in [5.74, 6) is 4.78. The van der Waals surface area contributed by atoms with Gasteiger partial charge in [0.05, 0.1) is 5.92 Å². The molecule has 4 amide bonds. The molecule has 1 saturated carbocycles. The number of rotatable bonds is 20. The van der Waals surface area contributed by atoms with E-state index in [4.69, 9.17) is 9.47 Å². The number of hydrogen-bond acceptors (Lipinski definition) is 8. The number of allylic oxidation sites excluding steroid dienone is 1. The van der Waals surface area contributed by atoms with E-state index in [1.165, 1.54) is 0 Å². The molecule has 0 radical (unpaired) electrons. The highest BCUT2D eigenvalue weighted by atomic mass is 16.7. The number of nitrogens with one attached hydrogen (secondary N) is 4. The first kappa shape index (κ1) is 39.5. The van der Waals surface area contributed by atoms with Crippen molar-refractivity contribution in [1.82, 2.24) is 10.6 Å². The minimum absolute atomic E-state index is 0.102. The zero-order valence-electron chi connectivity index (χ0n) is 30.6. The van der Waals surface area contributed by atoms with Crippen LogP contribution in [0.25, 0.3) is 11.1 Å². The summed E-state index contributed by atoms with van der Waals surface area (Å²) < 4.78 is 11.0. The maximum atomic E-state index is 12.8. The largest absolute Gasteiger partial charge is 0.509 e. The number of Topliss-reactive ketones (excluding diaryl/α,β-unsaturated/α-hetero) is 1. The Morgan fingerprint density at radius 3 is 1.93 bits per heavy atom. The van der Waals surface area contributed by atoms with Crippen molar-refractivity contribution < 1.29 is 38.2 Å². The molecule has 2 atom stereocenters. The van der Waals surface area contributed by atoms with Crippen molar-refractivity contribution in [1.29, 1.82) is 0 Å². The van der Waals surface area contributed by atoms with E-state index in [1.807, 2.05) is 24.3 Å². The highest BCUT2D eigenvalue weighted by Gasteiger charge is 2.33. The molecule has 5 rings (SSSR count). The van der Waals surface area contributed by atoms with E-state index in [0.29, 0.717) is 43.7 Å². The molecule has 12 nitrogen and oxygen atoms in total. The van der Waals surface area contributed by atoms with E-state index in [-0.39, 0.29) is 80.5 Å². The summed E-state index contributed by atoms with van der Waals surface area (Å²) in [5, 5.41) is 11.5. The van der Waals surface area contributed by atoms with Crippen molar-refractivity contribution in [2.24, 2.45) is 5.92 Å². The second kappa shape index (κ2) is 19.4. The third kappa shape index (κ3) is 11.9. The maximum absolute atomic E-state index is 12.8. The second-order valence-electron chi connectivity index (χ2n) is 13.8. The topological polar surface area (TPSA) is 169 Å². The van der Waals surface area contributed by atoms with E-state index in [2.05, 4.69) is 46.3 Å². The number of benzene rings is 2. The number of fused-ring (bicyclic) bond motifs is 3. The predicted molar refractivity (Wildman–Crippen MR) is 204 cm³/mol. The molecule has 4 N–H and O–H groups in total. The fraction of sp³-hybridized carbons (Fsp3) is 0.429. The molecule has 0 spiro atoms. The number of amides is 4. The molecule has 0 saturated heterocycles. The van der Waals surface area contributed by atoms with E-state index in [0.717, 1.165) is 47.1 Å². The van der Waals surface area contributed by atoms with Crippen LogP contribution in [0.3, 0.4) is 0 Å². The number of ether oxygens (including phenoxy) is 2. The minimum Gasteiger partial charge on any atom is -0.433 e. The number of unbranched alkanes of at least 4 members (excludes halogenated alkanes) is 1. The molecule has 1 fully saturated rings. The van der Waals surface area contributed by atoms with Crippen LogP contribution in [0, 0.1) is 17.8 Å². The van der Waals surface area contributed by atoms with Crippen LogP contribution in [-0.4, -0.2) is 61.4 Å². The van der Waals surface area contributed by atoms with Gasteiger partial charge in [0.15, 0.2) is 11.9 Å². The lowest BCUT2D eigenvalue weighted by atomic mass is 9.92. The van der Waals surface area contributed by atoms with E-state index >= 15 is 0 Å². The van der Waals surface area contributed by atoms with Crippen molar-refractivity contribution in [2.75, 3.05) is 30.3 Å². The van der Waals surface area contributed by atoms with Gasteiger partial charge in [-0.2, -0.15) is 0 Å². The fourth-order valence-electron chi connectivity index (χ4n) is 6.52. The summed E-state index contributed by atoms with van der Waals surface area (Å²) in [6.45, 7) is 8.58. The highest BCUT2D eigenvalue weighted by Crippen LogP contribution is 2.47. The van der Waals surface area contributed by atoms with Crippen LogP contribution in [-0.2, 0) is 33.4 Å². The SMILES string of the molecule is C=CCCCNC(=O)CCCC(=O)Nc1ccc2c(c1)C(COC(=O)OC1CC(=C)CCC1=O)c1cc(NC(=O)CCCC(=O)NCCC3C#C3)ccc1-2. The van der Waals surface area contributed by atoms with Gasteiger partial charge in [-0.3, -0.25) is 24.0 Å². The molecular formula is C42H48N4O8. The second-order valence-corrected chi connectivity index (χ2v) is 13.8. The molecule has 0 aliphatic heterocycles. The molecule has 2 aromatic rings. The smallest absolute Gasteiger partial charge is 0.433 e. The molecule has 3 aliphatic carbocycles. The van der Waals surface area contributed by atoms with Crippen molar-refractivity contribution >= 4 is 46.9 Å². The molecule has 0 aromatic heterocycles. The third-order valence-electron chi connectivity index (χ3n) is 9.50. The number of ketones is 1. The van der Waals surface area contributed by atoms with Crippen LogP contribution in [0.2, 0.25) is 0 Å². The number of anilines is 2. The Labute approximate surface area is 315 Å². The van der Waals surface area contributed by atoms with Gasteiger partial charge in [-0.05, 0) is 85.0 Å². The maximum Gasteiger partial charge on any atom is 0.509 e. The number of carbonyl (C=O) groups is 6. The summed E-state index contributed by atoms with van der Waals surface area (Å²) in [5.41, 5.74) is 5.23. The Hall–Kier alpha value is -5.70. The Bertz CT molecular complexity index is 1850. The standard InChI is InChI=1S/C42H48N4O8/c1-3-4-5-21-43-38(48)8-6-10-40(50)45-29-15-17-31-32-18-16-30(46-41(51)11-7-9-39(49)44-22-20-28-13-14-28)25-34(32)35(33(31)24-29)26-53-42(52)54-37-23-27(2)12-19-36(37)47/h3,15-18,24-25,28,35,37H,1-2,4-12,19-23,26H2,(H,43,48)(H,44,49)(H,45,50)(H,46,51). The zero-order chi connectivity index (χ0) is 38.5. The monoisotopic (exact) mass is 736 g/mol. The quantitative estimate of drug-likeness (QED) is 0.0550. The molecule has 0 bridgehead atoms. The number of hydrogen-bond donors (Lipinski definition) is 4. The average Bonchev–Trinajstić information content (AvgIpc) is 3.91. The van der Waals surface area contributed by atoms with Gasteiger partial charge in [0.1, 0.15) is 6.61 Å². The average molecular weight is 737 g/mol. The van der Waals surface area contributed by atoms with Crippen LogP contribution in [0.15, 0.2) is 61.2 Å². The normalized spacial score (nSPS) is 16.5. The Balaban J connectivity index is 1.21. The Morgan fingerprint density at radius 2 is 1.35 bits per heavy atom.